The number of aliphatic hydroxyl groups is 1. The highest BCUT2D eigenvalue weighted by molar-refractivity contribution is 5.88. The Morgan fingerprint density at radius 3 is 2.77 bits per heavy atom. The second-order valence-electron chi connectivity index (χ2n) is 5.22. The maximum Gasteiger partial charge on any atom is 0.320 e. The van der Waals surface area contributed by atoms with Gasteiger partial charge in [-0.3, -0.25) is 5.32 Å². The molecule has 6 nitrogen and oxygen atoms in total. The molecule has 0 bridgehead atoms. The maximum absolute atomic E-state index is 11.8. The van der Waals surface area contributed by atoms with Gasteiger partial charge in [-0.2, -0.15) is 0 Å². The Balaban J connectivity index is 1.96. The number of carbonyl (C=O) groups is 1. The second kappa shape index (κ2) is 7.61. The number of aryl methyl sites for hydroxylation is 1. The molecule has 6 heteroatoms. The summed E-state index contributed by atoms with van der Waals surface area (Å²) >= 11 is 0. The van der Waals surface area contributed by atoms with Crippen molar-refractivity contribution in [2.45, 2.75) is 32.8 Å². The van der Waals surface area contributed by atoms with Crippen LogP contribution in [0.4, 0.5) is 10.6 Å². The Labute approximate surface area is 130 Å². The highest BCUT2D eigenvalue weighted by Gasteiger charge is 2.11. The molecule has 3 N–H and O–H groups in total. The highest BCUT2D eigenvalue weighted by Crippen LogP contribution is 2.15. The number of hydrogen-bond donors (Lipinski definition) is 3. The molecule has 2 aromatic rings. The van der Waals surface area contributed by atoms with Crippen LogP contribution >= 0.6 is 0 Å². The lowest BCUT2D eigenvalue weighted by atomic mass is 10.2. The van der Waals surface area contributed by atoms with Crippen LogP contribution in [0.15, 0.2) is 36.5 Å². The van der Waals surface area contributed by atoms with E-state index in [0.717, 1.165) is 17.7 Å². The molecule has 0 spiro atoms. The number of rotatable bonds is 6. The van der Waals surface area contributed by atoms with E-state index in [1.807, 2.05) is 50.4 Å². The average Bonchev–Trinajstić information content (AvgIpc) is 2.87. The van der Waals surface area contributed by atoms with E-state index >= 15 is 0 Å². The van der Waals surface area contributed by atoms with E-state index in [0.29, 0.717) is 12.2 Å². The number of amides is 2. The molecule has 1 unspecified atom stereocenters. The minimum absolute atomic E-state index is 0.234. The van der Waals surface area contributed by atoms with Crippen LogP contribution in [0.25, 0.3) is 5.69 Å². The first kappa shape index (κ1) is 16.0. The molecule has 0 saturated heterocycles. The Bertz CT molecular complexity index is 610. The van der Waals surface area contributed by atoms with E-state index in [1.54, 1.807) is 4.68 Å². The van der Waals surface area contributed by atoms with Crippen LogP contribution in [-0.2, 0) is 0 Å². The number of anilines is 1. The van der Waals surface area contributed by atoms with E-state index in [4.69, 9.17) is 0 Å². The fourth-order valence-corrected chi connectivity index (χ4v) is 2.09. The predicted molar refractivity (Wildman–Crippen MR) is 86.2 cm³/mol. The molecule has 0 saturated carbocycles. The van der Waals surface area contributed by atoms with Gasteiger partial charge in [0.25, 0.3) is 0 Å². The molecule has 0 aliphatic heterocycles. The fraction of sp³-hybridized carbons (Fsp3) is 0.375. The Hall–Kier alpha value is -2.34. The first-order valence-corrected chi connectivity index (χ1v) is 7.44. The third-order valence-electron chi connectivity index (χ3n) is 3.27. The largest absolute Gasteiger partial charge is 0.391 e. The minimum Gasteiger partial charge on any atom is -0.391 e. The first-order chi connectivity index (χ1) is 10.6. The summed E-state index contributed by atoms with van der Waals surface area (Å²) in [6, 6.07) is 9.32. The van der Waals surface area contributed by atoms with Crippen LogP contribution in [0.5, 0.6) is 0 Å². The van der Waals surface area contributed by atoms with Crippen LogP contribution in [0.2, 0.25) is 0 Å². The number of para-hydroxylation sites is 1. The van der Waals surface area contributed by atoms with Gasteiger partial charge >= 0.3 is 6.03 Å². The van der Waals surface area contributed by atoms with Crippen LogP contribution in [0.3, 0.4) is 0 Å². The summed E-state index contributed by atoms with van der Waals surface area (Å²) < 4.78 is 1.72. The van der Waals surface area contributed by atoms with E-state index in [2.05, 4.69) is 15.7 Å². The third kappa shape index (κ3) is 4.33. The molecule has 0 fully saturated rings. The van der Waals surface area contributed by atoms with Crippen molar-refractivity contribution in [2.24, 2.45) is 0 Å². The van der Waals surface area contributed by atoms with Crippen molar-refractivity contribution >= 4 is 11.8 Å². The lowest BCUT2D eigenvalue weighted by Gasteiger charge is -2.11. The summed E-state index contributed by atoms with van der Waals surface area (Å²) in [4.78, 5) is 11.8. The number of carbonyl (C=O) groups excluding carboxylic acids is 1. The molecule has 0 radical (unpaired) electrons. The molecule has 2 amide bonds. The van der Waals surface area contributed by atoms with Gasteiger partial charge in [-0.05, 0) is 25.5 Å². The van der Waals surface area contributed by atoms with Crippen molar-refractivity contribution in [1.82, 2.24) is 15.1 Å². The monoisotopic (exact) mass is 302 g/mol. The molecule has 2 rings (SSSR count). The van der Waals surface area contributed by atoms with Crippen LogP contribution in [0, 0.1) is 6.92 Å². The van der Waals surface area contributed by atoms with Gasteiger partial charge in [-0.25, -0.2) is 9.48 Å². The minimum atomic E-state index is -0.515. The summed E-state index contributed by atoms with van der Waals surface area (Å²) in [7, 11) is 0. The van der Waals surface area contributed by atoms with Crippen molar-refractivity contribution < 1.29 is 9.90 Å². The standard InChI is InChI=1S/C16H22N4O2/c1-3-7-14(21)10-17-16(22)18-15-12(2)11-20(19-15)13-8-5-4-6-9-13/h4-6,8-9,11,14,21H,3,7,10H2,1-2H3,(H2,17,18,19,22). The van der Waals surface area contributed by atoms with Crippen LogP contribution in [0.1, 0.15) is 25.3 Å². The first-order valence-electron chi connectivity index (χ1n) is 7.44. The second-order valence-corrected chi connectivity index (χ2v) is 5.22. The molecule has 0 aliphatic rings. The van der Waals surface area contributed by atoms with E-state index in [9.17, 15) is 9.90 Å². The number of benzene rings is 1. The molecule has 0 aliphatic carbocycles. The van der Waals surface area contributed by atoms with E-state index < -0.39 is 6.10 Å². The molecule has 1 atom stereocenters. The number of aliphatic hydroxyl groups excluding tert-OH is 1. The maximum atomic E-state index is 11.8. The predicted octanol–water partition coefficient (Wildman–Crippen LogP) is 2.46. The molecule has 22 heavy (non-hydrogen) atoms. The molecule has 1 aromatic carbocycles. The summed E-state index contributed by atoms with van der Waals surface area (Å²) in [6.07, 6.45) is 2.89. The Morgan fingerprint density at radius 2 is 2.09 bits per heavy atom. The summed E-state index contributed by atoms with van der Waals surface area (Å²) in [5.41, 5.74) is 1.80. The smallest absolute Gasteiger partial charge is 0.320 e. The van der Waals surface area contributed by atoms with Gasteiger partial charge in [-0.15, -0.1) is 5.10 Å². The van der Waals surface area contributed by atoms with Gasteiger partial charge in [-0.1, -0.05) is 31.5 Å². The zero-order valence-electron chi connectivity index (χ0n) is 12.9. The number of nitrogens with zero attached hydrogens (tertiary/aromatic N) is 2. The summed E-state index contributed by atoms with van der Waals surface area (Å²) in [5.74, 6) is 0.506. The quantitative estimate of drug-likeness (QED) is 0.767. The topological polar surface area (TPSA) is 79.2 Å². The van der Waals surface area contributed by atoms with Gasteiger partial charge in [0.05, 0.1) is 11.8 Å². The number of nitrogens with one attached hydrogen (secondary N) is 2. The molecular weight excluding hydrogens is 280 g/mol. The molecule has 1 heterocycles. The highest BCUT2D eigenvalue weighted by atomic mass is 16.3. The van der Waals surface area contributed by atoms with Gasteiger partial charge in [0.15, 0.2) is 5.82 Å². The van der Waals surface area contributed by atoms with Crippen LogP contribution in [-0.4, -0.2) is 33.6 Å². The van der Waals surface area contributed by atoms with Crippen LogP contribution < -0.4 is 10.6 Å². The molecule has 118 valence electrons. The lowest BCUT2D eigenvalue weighted by molar-refractivity contribution is 0.162. The van der Waals surface area contributed by atoms with Crippen molar-refractivity contribution in [2.75, 3.05) is 11.9 Å². The van der Waals surface area contributed by atoms with E-state index in [1.165, 1.54) is 0 Å². The van der Waals surface area contributed by atoms with Gasteiger partial charge < -0.3 is 10.4 Å². The Kier molecular flexibility index (Phi) is 5.55. The zero-order valence-corrected chi connectivity index (χ0v) is 12.9. The number of aromatic nitrogens is 2. The molecule has 1 aromatic heterocycles. The third-order valence-corrected chi connectivity index (χ3v) is 3.27. The zero-order chi connectivity index (χ0) is 15.9. The number of hydrogen-bond acceptors (Lipinski definition) is 3. The van der Waals surface area contributed by atoms with Crippen molar-refractivity contribution in [1.29, 1.82) is 0 Å². The van der Waals surface area contributed by atoms with E-state index in [-0.39, 0.29) is 12.6 Å². The van der Waals surface area contributed by atoms with Gasteiger partial charge in [0.1, 0.15) is 0 Å². The van der Waals surface area contributed by atoms with Crippen molar-refractivity contribution in [3.8, 4) is 5.69 Å². The average molecular weight is 302 g/mol. The van der Waals surface area contributed by atoms with Gasteiger partial charge in [0, 0.05) is 18.3 Å². The van der Waals surface area contributed by atoms with Crippen molar-refractivity contribution in [3.63, 3.8) is 0 Å². The normalized spacial score (nSPS) is 12.0. The Morgan fingerprint density at radius 1 is 1.36 bits per heavy atom. The van der Waals surface area contributed by atoms with Crippen molar-refractivity contribution in [3.05, 3.63) is 42.1 Å². The number of urea groups is 1. The lowest BCUT2D eigenvalue weighted by Crippen LogP contribution is -2.35. The molecular formula is C16H22N4O2. The van der Waals surface area contributed by atoms with Gasteiger partial charge in [0.2, 0.25) is 0 Å². The summed E-state index contributed by atoms with van der Waals surface area (Å²) in [5, 5.41) is 19.3. The summed E-state index contributed by atoms with van der Waals surface area (Å²) in [6.45, 7) is 4.11. The fourth-order valence-electron chi connectivity index (χ4n) is 2.09. The SMILES string of the molecule is CCCC(O)CNC(=O)Nc1nn(-c2ccccc2)cc1C.